The molecule has 1 atom stereocenters. The number of hydrogen-bond donors (Lipinski definition) is 1. The Morgan fingerprint density at radius 3 is 2.39 bits per heavy atom. The van der Waals surface area contributed by atoms with E-state index in [9.17, 15) is 0 Å². The fraction of sp³-hybridized carbons (Fsp3) is 1.00. The Morgan fingerprint density at radius 1 is 1.11 bits per heavy atom. The molecule has 0 aromatic carbocycles. The molecule has 1 heterocycles. The minimum Gasteiger partial charge on any atom is -0.314 e. The van der Waals surface area contributed by atoms with Crippen LogP contribution in [0.25, 0.3) is 0 Å². The molecule has 1 aliphatic heterocycles. The molecule has 2 rings (SSSR count). The van der Waals surface area contributed by atoms with Crippen LogP contribution in [0.15, 0.2) is 0 Å². The van der Waals surface area contributed by atoms with Gasteiger partial charge in [-0.25, -0.2) is 0 Å². The zero-order valence-corrected chi connectivity index (χ0v) is 12.6. The van der Waals surface area contributed by atoms with Gasteiger partial charge >= 0.3 is 0 Å². The maximum Gasteiger partial charge on any atom is 0.0244 e. The van der Waals surface area contributed by atoms with Crippen molar-refractivity contribution < 1.29 is 0 Å². The first kappa shape index (κ1) is 14.3. The van der Waals surface area contributed by atoms with Crippen molar-refractivity contribution in [3.8, 4) is 0 Å². The Kier molecular flexibility index (Phi) is 5.50. The third-order valence-corrected chi connectivity index (χ3v) is 5.20. The summed E-state index contributed by atoms with van der Waals surface area (Å²) < 4.78 is 0. The second-order valence-corrected chi connectivity index (χ2v) is 6.81. The Balaban J connectivity index is 1.80. The van der Waals surface area contributed by atoms with Gasteiger partial charge in [-0.2, -0.15) is 0 Å². The van der Waals surface area contributed by atoms with Gasteiger partial charge in [0.1, 0.15) is 0 Å². The molecule has 1 saturated heterocycles. The first-order valence-corrected chi connectivity index (χ1v) is 8.15. The Labute approximate surface area is 114 Å². The van der Waals surface area contributed by atoms with E-state index in [4.69, 9.17) is 0 Å². The van der Waals surface area contributed by atoms with Crippen molar-refractivity contribution in [2.75, 3.05) is 26.2 Å². The second-order valence-electron chi connectivity index (χ2n) is 6.81. The van der Waals surface area contributed by atoms with Crippen molar-refractivity contribution in [1.82, 2.24) is 10.2 Å². The van der Waals surface area contributed by atoms with Gasteiger partial charge in [0.05, 0.1) is 0 Å². The Hall–Kier alpha value is -0.0800. The summed E-state index contributed by atoms with van der Waals surface area (Å²) in [5.74, 6) is 2.79. The van der Waals surface area contributed by atoms with Gasteiger partial charge in [-0.3, -0.25) is 4.90 Å². The van der Waals surface area contributed by atoms with Crippen LogP contribution in [0, 0.1) is 17.8 Å². The van der Waals surface area contributed by atoms with Gasteiger partial charge in [-0.15, -0.1) is 0 Å². The first-order chi connectivity index (χ1) is 8.70. The lowest BCUT2D eigenvalue weighted by Gasteiger charge is -2.41. The van der Waals surface area contributed by atoms with E-state index in [-0.39, 0.29) is 0 Å². The lowest BCUT2D eigenvalue weighted by molar-refractivity contribution is 0.0896. The quantitative estimate of drug-likeness (QED) is 0.827. The molecule has 1 aliphatic carbocycles. The molecule has 18 heavy (non-hydrogen) atoms. The summed E-state index contributed by atoms with van der Waals surface area (Å²) in [6.07, 6.45) is 7.33. The number of rotatable bonds is 4. The van der Waals surface area contributed by atoms with E-state index in [0.717, 1.165) is 23.8 Å². The van der Waals surface area contributed by atoms with Crippen LogP contribution in [0.5, 0.6) is 0 Å². The predicted octanol–water partition coefficient (Wildman–Crippen LogP) is 3.13. The molecule has 0 aromatic rings. The van der Waals surface area contributed by atoms with Crippen molar-refractivity contribution >= 4 is 0 Å². The minimum atomic E-state index is 0.766. The van der Waals surface area contributed by atoms with Crippen LogP contribution < -0.4 is 5.32 Å². The van der Waals surface area contributed by atoms with Crippen LogP contribution in [0.3, 0.4) is 0 Å². The van der Waals surface area contributed by atoms with E-state index in [1.54, 1.807) is 0 Å². The molecule has 1 N–H and O–H groups in total. The molecular weight excluding hydrogens is 220 g/mol. The summed E-state index contributed by atoms with van der Waals surface area (Å²) in [5.41, 5.74) is 0. The van der Waals surface area contributed by atoms with Crippen molar-refractivity contribution in [1.29, 1.82) is 0 Å². The van der Waals surface area contributed by atoms with Crippen LogP contribution in [0.4, 0.5) is 0 Å². The standard InChI is InChI=1S/C16H32N2/c1-4-14-5-7-15(8-6-14)12-18-10-9-17-11-16(18)13(2)3/h13-17H,4-12H2,1-3H3. The highest BCUT2D eigenvalue weighted by molar-refractivity contribution is 4.84. The zero-order valence-electron chi connectivity index (χ0n) is 12.6. The van der Waals surface area contributed by atoms with Crippen LogP contribution in [0.2, 0.25) is 0 Å². The smallest absolute Gasteiger partial charge is 0.0244 e. The summed E-state index contributed by atoms with van der Waals surface area (Å²) in [6, 6.07) is 0.766. The zero-order chi connectivity index (χ0) is 13.0. The van der Waals surface area contributed by atoms with Gasteiger partial charge in [0.2, 0.25) is 0 Å². The normalized spacial score (nSPS) is 35.0. The molecule has 1 saturated carbocycles. The topological polar surface area (TPSA) is 15.3 Å². The monoisotopic (exact) mass is 252 g/mol. The first-order valence-electron chi connectivity index (χ1n) is 8.15. The molecule has 106 valence electrons. The molecule has 2 nitrogen and oxygen atoms in total. The Morgan fingerprint density at radius 2 is 1.78 bits per heavy atom. The van der Waals surface area contributed by atoms with Gasteiger partial charge in [-0.05, 0) is 30.6 Å². The van der Waals surface area contributed by atoms with Gasteiger partial charge < -0.3 is 5.32 Å². The van der Waals surface area contributed by atoms with E-state index < -0.39 is 0 Å². The molecule has 2 heteroatoms. The molecule has 2 aliphatic rings. The predicted molar refractivity (Wildman–Crippen MR) is 78.8 cm³/mol. The van der Waals surface area contributed by atoms with Gasteiger partial charge in [0.25, 0.3) is 0 Å². The Bertz CT molecular complexity index is 231. The van der Waals surface area contributed by atoms with E-state index in [1.807, 2.05) is 0 Å². The molecule has 0 spiro atoms. The minimum absolute atomic E-state index is 0.766. The largest absolute Gasteiger partial charge is 0.314 e. The summed E-state index contributed by atoms with van der Waals surface area (Å²) in [7, 11) is 0. The summed E-state index contributed by atoms with van der Waals surface area (Å²) >= 11 is 0. The molecule has 0 amide bonds. The highest BCUT2D eigenvalue weighted by atomic mass is 15.2. The van der Waals surface area contributed by atoms with E-state index in [2.05, 4.69) is 31.0 Å². The van der Waals surface area contributed by atoms with Crippen molar-refractivity contribution in [2.24, 2.45) is 17.8 Å². The maximum atomic E-state index is 3.56. The third-order valence-electron chi connectivity index (χ3n) is 5.20. The third kappa shape index (κ3) is 3.71. The fourth-order valence-electron chi connectivity index (χ4n) is 3.81. The average molecular weight is 252 g/mol. The SMILES string of the molecule is CCC1CCC(CN2CCNCC2C(C)C)CC1. The average Bonchev–Trinajstić information content (AvgIpc) is 2.40. The number of nitrogens with zero attached hydrogens (tertiary/aromatic N) is 1. The van der Waals surface area contributed by atoms with Crippen LogP contribution in [-0.2, 0) is 0 Å². The second kappa shape index (κ2) is 6.91. The lowest BCUT2D eigenvalue weighted by Crippen LogP contribution is -2.54. The molecule has 0 aromatic heterocycles. The van der Waals surface area contributed by atoms with E-state index in [0.29, 0.717) is 0 Å². The number of nitrogens with one attached hydrogen (secondary N) is 1. The van der Waals surface area contributed by atoms with Gasteiger partial charge in [0.15, 0.2) is 0 Å². The molecule has 2 fully saturated rings. The van der Waals surface area contributed by atoms with Crippen LogP contribution in [0.1, 0.15) is 52.9 Å². The molecule has 1 unspecified atom stereocenters. The van der Waals surface area contributed by atoms with Crippen LogP contribution >= 0.6 is 0 Å². The van der Waals surface area contributed by atoms with E-state index >= 15 is 0 Å². The van der Waals surface area contributed by atoms with Gasteiger partial charge in [0, 0.05) is 32.2 Å². The fourth-order valence-corrected chi connectivity index (χ4v) is 3.81. The maximum absolute atomic E-state index is 3.56. The molecular formula is C16H32N2. The van der Waals surface area contributed by atoms with Crippen LogP contribution in [-0.4, -0.2) is 37.1 Å². The lowest BCUT2D eigenvalue weighted by atomic mass is 9.80. The van der Waals surface area contributed by atoms with Crippen molar-refractivity contribution in [3.05, 3.63) is 0 Å². The summed E-state index contributed by atoms with van der Waals surface area (Å²) in [6.45, 7) is 12.1. The van der Waals surface area contributed by atoms with E-state index in [1.165, 1.54) is 58.3 Å². The summed E-state index contributed by atoms with van der Waals surface area (Å²) in [4.78, 5) is 2.78. The number of hydrogen-bond acceptors (Lipinski definition) is 2. The highest BCUT2D eigenvalue weighted by Gasteiger charge is 2.28. The number of piperazine rings is 1. The highest BCUT2D eigenvalue weighted by Crippen LogP contribution is 2.31. The summed E-state index contributed by atoms with van der Waals surface area (Å²) in [5, 5.41) is 3.56. The van der Waals surface area contributed by atoms with Crippen molar-refractivity contribution in [2.45, 2.75) is 58.9 Å². The van der Waals surface area contributed by atoms with Gasteiger partial charge in [-0.1, -0.05) is 40.0 Å². The molecule has 0 bridgehead atoms. The van der Waals surface area contributed by atoms with Crippen molar-refractivity contribution in [3.63, 3.8) is 0 Å². The molecule has 0 radical (unpaired) electrons.